The van der Waals surface area contributed by atoms with Crippen LogP contribution in [-0.4, -0.2) is 81.9 Å². The second-order valence-electron chi connectivity index (χ2n) is 8.74. The Balaban J connectivity index is 6.36. The van der Waals surface area contributed by atoms with Gasteiger partial charge in [0.15, 0.2) is 0 Å². The van der Waals surface area contributed by atoms with Gasteiger partial charge >= 0.3 is 232 Å². The molecule has 0 rings (SSSR count). The fourth-order valence-corrected chi connectivity index (χ4v) is 18.9. The molecule has 0 radical (unpaired) electrons. The van der Waals surface area contributed by atoms with Crippen LogP contribution in [0.3, 0.4) is 0 Å². The standard InChI is InChI=1S/C18H42O9P4Se3/c1-13(2)19-29(32,20-14(3)4)25-28(26-30(33,21-15(5)6)22-16(7)8)27-31(34,23-17(9)10)24-18(11)12/h13-18H,1-12H3. The van der Waals surface area contributed by atoms with E-state index in [2.05, 4.69) is 45.3 Å². The van der Waals surface area contributed by atoms with Crippen LogP contribution < -0.4 is 0 Å². The van der Waals surface area contributed by atoms with Gasteiger partial charge in [0.25, 0.3) is 0 Å². The van der Waals surface area contributed by atoms with Crippen LogP contribution in [0.15, 0.2) is 0 Å². The molecule has 0 aromatic rings. The van der Waals surface area contributed by atoms with Crippen molar-refractivity contribution >= 4 is 72.5 Å². The van der Waals surface area contributed by atoms with Crippen LogP contribution in [0.4, 0.5) is 0 Å². The summed E-state index contributed by atoms with van der Waals surface area (Å²) in [6.07, 6.45) is -10.1. The molecule has 16 heteroatoms. The summed E-state index contributed by atoms with van der Waals surface area (Å²) >= 11 is 8.88. The van der Waals surface area contributed by atoms with E-state index in [0.717, 1.165) is 0 Å². The van der Waals surface area contributed by atoms with E-state index < -0.39 is 27.2 Å². The molecule has 0 bridgehead atoms. The van der Waals surface area contributed by atoms with Crippen molar-refractivity contribution in [1.29, 1.82) is 0 Å². The molecule has 0 unspecified atom stereocenters. The molecular formula is C18H42O9P4Se3. The summed E-state index contributed by atoms with van der Waals surface area (Å²) < 4.78 is 55.2. The van der Waals surface area contributed by atoms with E-state index in [1.54, 1.807) is 0 Å². The summed E-state index contributed by atoms with van der Waals surface area (Å²) in [5.74, 6) is 0. The fraction of sp³-hybridized carbons (Fsp3) is 1.00. The van der Waals surface area contributed by atoms with E-state index >= 15 is 0 Å². The van der Waals surface area contributed by atoms with Gasteiger partial charge in [-0.2, -0.15) is 0 Å². The van der Waals surface area contributed by atoms with Crippen molar-refractivity contribution < 1.29 is 40.1 Å². The van der Waals surface area contributed by atoms with E-state index in [4.69, 9.17) is 40.1 Å². The predicted molar refractivity (Wildman–Crippen MR) is 146 cm³/mol. The Morgan fingerprint density at radius 1 is 0.382 bits per heavy atom. The van der Waals surface area contributed by atoms with Gasteiger partial charge in [-0.05, 0) is 0 Å². The van der Waals surface area contributed by atoms with Gasteiger partial charge in [-0.1, -0.05) is 0 Å². The van der Waals surface area contributed by atoms with Gasteiger partial charge in [0.1, 0.15) is 0 Å². The normalized spacial score (nSPS) is 14.2. The Kier molecular flexibility index (Phi) is 18.3. The number of rotatable bonds is 18. The average Bonchev–Trinajstić information content (AvgIpc) is 2.47. The molecular weight excluding hydrogens is 721 g/mol. The fourth-order valence-electron chi connectivity index (χ4n) is 2.03. The zero-order valence-corrected chi connectivity index (χ0v) is 30.9. The first-order chi connectivity index (χ1) is 15.3. The zero-order valence-electron chi connectivity index (χ0n) is 22.2. The maximum atomic E-state index is 6.30. The number of hydrogen-bond acceptors (Lipinski definition) is 9. The molecule has 0 spiro atoms. The Labute approximate surface area is 231 Å². The molecule has 0 N–H and O–H groups in total. The summed E-state index contributed by atoms with van der Waals surface area (Å²) in [6, 6.07) is 0. The van der Waals surface area contributed by atoms with Crippen LogP contribution in [0.2, 0.25) is 0 Å². The third-order valence-electron chi connectivity index (χ3n) is 2.54. The van der Waals surface area contributed by atoms with Crippen molar-refractivity contribution in [1.82, 2.24) is 0 Å². The van der Waals surface area contributed by atoms with Gasteiger partial charge in [-0.25, -0.2) is 0 Å². The van der Waals surface area contributed by atoms with Crippen molar-refractivity contribution in [3.8, 4) is 0 Å². The van der Waals surface area contributed by atoms with E-state index in [0.29, 0.717) is 0 Å². The van der Waals surface area contributed by atoms with Crippen molar-refractivity contribution in [3.63, 3.8) is 0 Å². The average molecular weight is 763 g/mol. The van der Waals surface area contributed by atoms with Crippen LogP contribution in [0.1, 0.15) is 83.1 Å². The van der Waals surface area contributed by atoms with Crippen molar-refractivity contribution in [2.45, 2.75) is 120 Å². The van der Waals surface area contributed by atoms with Crippen molar-refractivity contribution in [3.05, 3.63) is 0 Å². The first kappa shape index (κ1) is 36.9. The van der Waals surface area contributed by atoms with Gasteiger partial charge in [0, 0.05) is 0 Å². The van der Waals surface area contributed by atoms with Crippen LogP contribution in [0, 0.1) is 0 Å². The first-order valence-electron chi connectivity index (χ1n) is 11.1. The second kappa shape index (κ2) is 16.9. The minimum absolute atomic E-state index is 0.177. The van der Waals surface area contributed by atoms with Crippen LogP contribution in [-0.2, 0) is 40.1 Å². The first-order valence-corrected chi connectivity index (χ1v) is 23.5. The summed E-state index contributed by atoms with van der Waals surface area (Å²) in [7, 11) is -2.20. The van der Waals surface area contributed by atoms with E-state index in [-0.39, 0.29) is 36.6 Å². The van der Waals surface area contributed by atoms with Gasteiger partial charge in [0.05, 0.1) is 0 Å². The Hall–Kier alpha value is 2.92. The molecule has 0 aromatic heterocycles. The Morgan fingerprint density at radius 2 is 0.529 bits per heavy atom. The van der Waals surface area contributed by atoms with E-state index in [9.17, 15) is 0 Å². The van der Waals surface area contributed by atoms with Gasteiger partial charge in [0.2, 0.25) is 0 Å². The van der Waals surface area contributed by atoms with Crippen molar-refractivity contribution in [2.75, 3.05) is 0 Å². The van der Waals surface area contributed by atoms with Gasteiger partial charge < -0.3 is 0 Å². The third-order valence-corrected chi connectivity index (χ3v) is 17.6. The molecule has 0 saturated heterocycles. The molecule has 0 aliphatic rings. The molecule has 206 valence electrons. The molecule has 34 heavy (non-hydrogen) atoms. The zero-order chi connectivity index (χ0) is 26.9. The van der Waals surface area contributed by atoms with Crippen LogP contribution in [0.25, 0.3) is 0 Å². The monoisotopic (exact) mass is 766 g/mol. The molecule has 0 aliphatic carbocycles. The molecule has 0 saturated carbocycles. The second-order valence-corrected chi connectivity index (χ2v) is 23.5. The van der Waals surface area contributed by atoms with Crippen LogP contribution in [0.5, 0.6) is 0 Å². The minimum atomic E-state index is -3.01. The molecule has 0 aliphatic heterocycles. The Bertz CT molecular complexity index is 598. The molecule has 0 heterocycles. The summed E-state index contributed by atoms with van der Waals surface area (Å²) in [4.78, 5) is 0. The quantitative estimate of drug-likeness (QED) is 0.105. The summed E-state index contributed by atoms with van der Waals surface area (Å²) in [5, 5.41) is 0. The molecule has 0 atom stereocenters. The summed E-state index contributed by atoms with van der Waals surface area (Å²) in [6.45, 7) is 22.7. The predicted octanol–water partition coefficient (Wildman–Crippen LogP) is 7.35. The van der Waals surface area contributed by atoms with Gasteiger partial charge in [-0.3, -0.25) is 0 Å². The topological polar surface area (TPSA) is 83.1 Å². The molecule has 9 nitrogen and oxygen atoms in total. The molecule has 0 fully saturated rings. The van der Waals surface area contributed by atoms with E-state index in [1.807, 2.05) is 83.1 Å². The molecule has 0 aromatic carbocycles. The van der Waals surface area contributed by atoms with Gasteiger partial charge in [-0.15, -0.1) is 0 Å². The number of hydrogen-bond donors (Lipinski definition) is 0. The summed E-state index contributed by atoms with van der Waals surface area (Å²) in [5.41, 5.74) is 0. The Morgan fingerprint density at radius 3 is 0.647 bits per heavy atom. The van der Waals surface area contributed by atoms with E-state index in [1.165, 1.54) is 0 Å². The van der Waals surface area contributed by atoms with Crippen molar-refractivity contribution in [2.24, 2.45) is 0 Å². The molecule has 0 amide bonds. The maximum absolute atomic E-state index is 6.30. The van der Waals surface area contributed by atoms with Crippen LogP contribution >= 0.6 is 27.2 Å². The SMILES string of the molecule is CC(C)OP(=[Se])(OC(C)C)OP(OP(=[Se])(OC(C)C)OC(C)C)OP(=[Se])(OC(C)C)OC(C)C. The third kappa shape index (κ3) is 17.5.